The van der Waals surface area contributed by atoms with Crippen LogP contribution in [0.5, 0.6) is 5.75 Å². The van der Waals surface area contributed by atoms with Crippen LogP contribution in [0.1, 0.15) is 32.6 Å². The van der Waals surface area contributed by atoms with Crippen molar-refractivity contribution in [2.75, 3.05) is 12.3 Å². The minimum atomic E-state index is 0.698. The Morgan fingerprint density at radius 2 is 2.06 bits per heavy atom. The summed E-state index contributed by atoms with van der Waals surface area (Å²) in [6, 6.07) is 7.70. The number of hydrogen-bond donors (Lipinski definition) is 1. The van der Waals surface area contributed by atoms with Gasteiger partial charge in [-0.05, 0) is 30.7 Å². The summed E-state index contributed by atoms with van der Waals surface area (Å²) < 4.78 is 5.83. The number of hydrogen-bond acceptors (Lipinski definition) is 3. The third-order valence-corrected chi connectivity index (χ3v) is 3.02. The van der Waals surface area contributed by atoms with Gasteiger partial charge in [-0.15, -0.1) is 0 Å². The summed E-state index contributed by atoms with van der Waals surface area (Å²) in [4.78, 5) is 4.29. The van der Waals surface area contributed by atoms with E-state index in [9.17, 15) is 0 Å². The highest BCUT2D eigenvalue weighted by atomic mass is 16.5. The van der Waals surface area contributed by atoms with Gasteiger partial charge < -0.3 is 10.5 Å². The molecule has 0 radical (unpaired) electrons. The van der Waals surface area contributed by atoms with Crippen molar-refractivity contribution in [1.29, 1.82) is 0 Å². The molecule has 18 heavy (non-hydrogen) atoms. The van der Waals surface area contributed by atoms with Crippen LogP contribution >= 0.6 is 0 Å². The Labute approximate surface area is 108 Å². The molecule has 0 amide bonds. The minimum absolute atomic E-state index is 0.698. The van der Waals surface area contributed by atoms with E-state index in [0.717, 1.165) is 29.7 Å². The number of unbranched alkanes of at least 4 members (excludes halogenated alkanes) is 3. The van der Waals surface area contributed by atoms with E-state index in [0.29, 0.717) is 5.69 Å². The highest BCUT2D eigenvalue weighted by Crippen LogP contribution is 2.28. The van der Waals surface area contributed by atoms with E-state index < -0.39 is 0 Å². The smallest absolute Gasteiger partial charge is 0.128 e. The van der Waals surface area contributed by atoms with Crippen LogP contribution in [0.25, 0.3) is 10.9 Å². The number of rotatable bonds is 6. The van der Waals surface area contributed by atoms with Crippen molar-refractivity contribution >= 4 is 16.6 Å². The number of aromatic nitrogens is 1. The minimum Gasteiger partial charge on any atom is -0.493 e. The molecule has 2 rings (SSSR count). The van der Waals surface area contributed by atoms with E-state index in [2.05, 4.69) is 11.9 Å². The predicted octanol–water partition coefficient (Wildman–Crippen LogP) is 3.78. The molecule has 0 fully saturated rings. The summed E-state index contributed by atoms with van der Waals surface area (Å²) in [6.45, 7) is 2.97. The molecular formula is C15H20N2O. The van der Waals surface area contributed by atoms with Crippen LogP contribution in [0.15, 0.2) is 30.5 Å². The lowest BCUT2D eigenvalue weighted by molar-refractivity contribution is 0.308. The fourth-order valence-corrected chi connectivity index (χ4v) is 2.01. The van der Waals surface area contributed by atoms with Gasteiger partial charge in [0.1, 0.15) is 5.75 Å². The summed E-state index contributed by atoms with van der Waals surface area (Å²) >= 11 is 0. The maximum atomic E-state index is 5.90. The maximum absolute atomic E-state index is 5.90. The lowest BCUT2D eigenvalue weighted by Gasteiger charge is -2.10. The Hall–Kier alpha value is -1.77. The van der Waals surface area contributed by atoms with Crippen LogP contribution in [-0.2, 0) is 0 Å². The standard InChI is InChI=1S/C15H20N2O/c1-2-3-4-5-11-18-14-9-8-13(16)15-12(14)7-6-10-17-15/h6-10H,2-5,11,16H2,1H3. The summed E-state index contributed by atoms with van der Waals surface area (Å²) in [6.07, 6.45) is 6.59. The number of pyridine rings is 1. The molecule has 0 saturated carbocycles. The lowest BCUT2D eigenvalue weighted by atomic mass is 10.1. The molecular weight excluding hydrogens is 224 g/mol. The zero-order valence-electron chi connectivity index (χ0n) is 10.9. The summed E-state index contributed by atoms with van der Waals surface area (Å²) in [5, 5.41) is 0.994. The predicted molar refractivity (Wildman–Crippen MR) is 75.8 cm³/mol. The first kappa shape index (κ1) is 12.7. The third-order valence-electron chi connectivity index (χ3n) is 3.02. The second-order valence-electron chi connectivity index (χ2n) is 4.46. The van der Waals surface area contributed by atoms with Gasteiger partial charge in [0, 0.05) is 11.6 Å². The van der Waals surface area contributed by atoms with E-state index in [1.54, 1.807) is 6.20 Å². The molecule has 0 saturated heterocycles. The quantitative estimate of drug-likeness (QED) is 0.621. The summed E-state index contributed by atoms with van der Waals surface area (Å²) in [7, 11) is 0. The van der Waals surface area contributed by atoms with Crippen molar-refractivity contribution < 1.29 is 4.74 Å². The zero-order valence-corrected chi connectivity index (χ0v) is 10.9. The highest BCUT2D eigenvalue weighted by molar-refractivity contribution is 5.93. The molecule has 3 heteroatoms. The second kappa shape index (κ2) is 6.24. The number of ether oxygens (including phenoxy) is 1. The van der Waals surface area contributed by atoms with Crippen molar-refractivity contribution in [1.82, 2.24) is 4.98 Å². The molecule has 96 valence electrons. The van der Waals surface area contributed by atoms with Gasteiger partial charge in [-0.2, -0.15) is 0 Å². The summed E-state index contributed by atoms with van der Waals surface area (Å²) in [5.41, 5.74) is 7.42. The van der Waals surface area contributed by atoms with Crippen LogP contribution in [0.3, 0.4) is 0 Å². The molecule has 0 aliphatic heterocycles. The fourth-order valence-electron chi connectivity index (χ4n) is 2.01. The van der Waals surface area contributed by atoms with Gasteiger partial charge in [-0.3, -0.25) is 4.98 Å². The number of fused-ring (bicyclic) bond motifs is 1. The maximum Gasteiger partial charge on any atom is 0.128 e. The van der Waals surface area contributed by atoms with Crippen molar-refractivity contribution in [3.63, 3.8) is 0 Å². The van der Waals surface area contributed by atoms with E-state index >= 15 is 0 Å². The number of anilines is 1. The van der Waals surface area contributed by atoms with Gasteiger partial charge in [-0.25, -0.2) is 0 Å². The molecule has 0 spiro atoms. The van der Waals surface area contributed by atoms with Crippen molar-refractivity contribution in [3.05, 3.63) is 30.5 Å². The Kier molecular flexibility index (Phi) is 4.40. The third kappa shape index (κ3) is 2.92. The van der Waals surface area contributed by atoms with Crippen LogP contribution in [0.2, 0.25) is 0 Å². The van der Waals surface area contributed by atoms with E-state index in [1.807, 2.05) is 24.3 Å². The number of nitrogens with zero attached hydrogens (tertiary/aromatic N) is 1. The van der Waals surface area contributed by atoms with Crippen LogP contribution in [0, 0.1) is 0 Å². The molecule has 1 heterocycles. The normalized spacial score (nSPS) is 10.7. The molecule has 1 aromatic heterocycles. The van der Waals surface area contributed by atoms with Crippen molar-refractivity contribution in [2.24, 2.45) is 0 Å². The average Bonchev–Trinajstić information content (AvgIpc) is 2.41. The molecule has 0 aliphatic carbocycles. The van der Waals surface area contributed by atoms with Gasteiger partial charge >= 0.3 is 0 Å². The van der Waals surface area contributed by atoms with E-state index in [4.69, 9.17) is 10.5 Å². The molecule has 2 N–H and O–H groups in total. The topological polar surface area (TPSA) is 48.1 Å². The molecule has 3 nitrogen and oxygen atoms in total. The molecule has 0 unspecified atom stereocenters. The lowest BCUT2D eigenvalue weighted by Crippen LogP contribution is -1.99. The Balaban J connectivity index is 2.07. The molecule has 2 aromatic rings. The fraction of sp³-hybridized carbons (Fsp3) is 0.400. The van der Waals surface area contributed by atoms with Crippen LogP contribution in [0.4, 0.5) is 5.69 Å². The largest absolute Gasteiger partial charge is 0.493 e. The molecule has 1 aromatic carbocycles. The van der Waals surface area contributed by atoms with E-state index in [-0.39, 0.29) is 0 Å². The monoisotopic (exact) mass is 244 g/mol. The van der Waals surface area contributed by atoms with Crippen LogP contribution in [-0.4, -0.2) is 11.6 Å². The average molecular weight is 244 g/mol. The van der Waals surface area contributed by atoms with Crippen LogP contribution < -0.4 is 10.5 Å². The Bertz CT molecular complexity index is 511. The Morgan fingerprint density at radius 1 is 1.17 bits per heavy atom. The van der Waals surface area contributed by atoms with Gasteiger partial charge in [0.15, 0.2) is 0 Å². The molecule has 0 bridgehead atoms. The first-order valence-electron chi connectivity index (χ1n) is 6.59. The molecule has 0 atom stereocenters. The zero-order chi connectivity index (χ0) is 12.8. The van der Waals surface area contributed by atoms with Gasteiger partial charge in [0.05, 0.1) is 17.8 Å². The number of benzene rings is 1. The highest BCUT2D eigenvalue weighted by Gasteiger charge is 2.05. The van der Waals surface area contributed by atoms with Gasteiger partial charge in [0.2, 0.25) is 0 Å². The van der Waals surface area contributed by atoms with Gasteiger partial charge in [0.25, 0.3) is 0 Å². The van der Waals surface area contributed by atoms with Gasteiger partial charge in [-0.1, -0.05) is 26.2 Å². The number of nitrogens with two attached hydrogens (primary N) is 1. The molecule has 0 aliphatic rings. The summed E-state index contributed by atoms with van der Waals surface area (Å²) in [5.74, 6) is 0.879. The first-order chi connectivity index (χ1) is 8.83. The van der Waals surface area contributed by atoms with Crippen molar-refractivity contribution in [3.8, 4) is 5.75 Å². The SMILES string of the molecule is CCCCCCOc1ccc(N)c2ncccc12. The number of nitrogen functional groups attached to an aromatic ring is 1. The Morgan fingerprint density at radius 3 is 2.89 bits per heavy atom. The second-order valence-corrected chi connectivity index (χ2v) is 4.46. The first-order valence-corrected chi connectivity index (χ1v) is 6.59. The van der Waals surface area contributed by atoms with E-state index in [1.165, 1.54) is 19.3 Å². The van der Waals surface area contributed by atoms with Crippen molar-refractivity contribution in [2.45, 2.75) is 32.6 Å².